The normalized spacial score (nSPS) is 20.9. The van der Waals surface area contributed by atoms with Crippen LogP contribution in [0, 0.1) is 5.92 Å². The van der Waals surface area contributed by atoms with Crippen molar-refractivity contribution in [2.24, 2.45) is 5.92 Å². The van der Waals surface area contributed by atoms with Crippen LogP contribution in [0.5, 0.6) is 0 Å². The zero-order chi connectivity index (χ0) is 20.1. The zero-order valence-electron chi connectivity index (χ0n) is 16.3. The van der Waals surface area contributed by atoms with E-state index in [4.69, 9.17) is 11.6 Å². The largest absolute Gasteiger partial charge is 0.353 e. The maximum absolute atomic E-state index is 12.8. The van der Waals surface area contributed by atoms with E-state index in [0.29, 0.717) is 25.9 Å². The topological polar surface area (TPSA) is 82.6 Å². The summed E-state index contributed by atoms with van der Waals surface area (Å²) in [6.45, 7) is 6.00. The molecule has 3 heterocycles. The molecule has 1 aromatic heterocycles. The molecule has 1 N–H and O–H groups in total. The number of likely N-dealkylation sites (tertiary alicyclic amines) is 1. The number of aromatic nitrogens is 1. The molecule has 2 fully saturated rings. The van der Waals surface area contributed by atoms with Gasteiger partial charge in [-0.1, -0.05) is 18.5 Å². The Kier molecular flexibility index (Phi) is 7.31. The van der Waals surface area contributed by atoms with Gasteiger partial charge in [0.05, 0.1) is 0 Å². The van der Waals surface area contributed by atoms with E-state index in [2.05, 4.69) is 22.1 Å². The number of nitrogens with zero attached hydrogens (tertiary/aromatic N) is 3. The Balaban J connectivity index is 1.50. The fourth-order valence-corrected chi connectivity index (χ4v) is 5.89. The molecule has 2 saturated heterocycles. The molecule has 156 valence electrons. The van der Waals surface area contributed by atoms with Gasteiger partial charge in [0.2, 0.25) is 15.9 Å². The van der Waals surface area contributed by atoms with Crippen LogP contribution in [0.2, 0.25) is 5.15 Å². The highest BCUT2D eigenvalue weighted by atomic mass is 35.5. The second kappa shape index (κ2) is 9.52. The lowest BCUT2D eigenvalue weighted by Crippen LogP contribution is -2.48. The molecule has 2 aliphatic rings. The fraction of sp³-hybridized carbons (Fsp3) is 0.684. The smallest absolute Gasteiger partial charge is 0.246 e. The second-order valence-electron chi connectivity index (χ2n) is 7.60. The Labute approximate surface area is 172 Å². The zero-order valence-corrected chi connectivity index (χ0v) is 17.9. The van der Waals surface area contributed by atoms with Crippen molar-refractivity contribution in [3.8, 4) is 0 Å². The van der Waals surface area contributed by atoms with Crippen molar-refractivity contribution in [3.05, 3.63) is 23.5 Å². The van der Waals surface area contributed by atoms with Crippen LogP contribution in [-0.4, -0.2) is 67.3 Å². The minimum absolute atomic E-state index is 0.0169. The highest BCUT2D eigenvalue weighted by Crippen LogP contribution is 2.27. The number of rotatable bonds is 6. The van der Waals surface area contributed by atoms with Crippen molar-refractivity contribution in [3.63, 3.8) is 0 Å². The maximum atomic E-state index is 12.8. The number of hydrogen-bond acceptors (Lipinski definition) is 5. The average Bonchev–Trinajstić information content (AvgIpc) is 2.70. The predicted octanol–water partition coefficient (Wildman–Crippen LogP) is 2.13. The third-order valence-corrected chi connectivity index (χ3v) is 7.98. The lowest BCUT2D eigenvalue weighted by Gasteiger charge is -2.34. The SMILES string of the molecule is CCCN1CCC(NC(=O)C2CCN(S(=O)(=O)c3cccnc3Cl)CC2)CC1. The van der Waals surface area contributed by atoms with Gasteiger partial charge in [-0.2, -0.15) is 4.31 Å². The Morgan fingerprint density at radius 3 is 2.50 bits per heavy atom. The Morgan fingerprint density at radius 1 is 1.21 bits per heavy atom. The lowest BCUT2D eigenvalue weighted by molar-refractivity contribution is -0.127. The molecule has 0 aliphatic carbocycles. The monoisotopic (exact) mass is 428 g/mol. The highest BCUT2D eigenvalue weighted by Gasteiger charge is 2.34. The van der Waals surface area contributed by atoms with Crippen molar-refractivity contribution in [1.29, 1.82) is 0 Å². The van der Waals surface area contributed by atoms with Gasteiger partial charge in [-0.15, -0.1) is 0 Å². The van der Waals surface area contributed by atoms with Gasteiger partial charge >= 0.3 is 0 Å². The van der Waals surface area contributed by atoms with E-state index in [9.17, 15) is 13.2 Å². The molecule has 9 heteroatoms. The van der Waals surface area contributed by atoms with E-state index in [-0.39, 0.29) is 27.9 Å². The molecule has 7 nitrogen and oxygen atoms in total. The number of hydrogen-bond donors (Lipinski definition) is 1. The van der Waals surface area contributed by atoms with Gasteiger partial charge in [0.25, 0.3) is 0 Å². The van der Waals surface area contributed by atoms with Crippen molar-refractivity contribution in [1.82, 2.24) is 19.5 Å². The van der Waals surface area contributed by atoms with Crippen molar-refractivity contribution in [2.45, 2.75) is 50.0 Å². The average molecular weight is 429 g/mol. The first-order valence-electron chi connectivity index (χ1n) is 10.0. The van der Waals surface area contributed by atoms with E-state index in [1.165, 1.54) is 16.6 Å². The van der Waals surface area contributed by atoms with Crippen molar-refractivity contribution >= 4 is 27.5 Å². The number of nitrogens with one attached hydrogen (secondary N) is 1. The molecular weight excluding hydrogens is 400 g/mol. The molecular formula is C19H29ClN4O3S. The van der Waals surface area contributed by atoms with Gasteiger partial charge in [0.1, 0.15) is 10.0 Å². The Hall–Kier alpha value is -1.22. The van der Waals surface area contributed by atoms with Gasteiger partial charge in [0, 0.05) is 44.3 Å². The molecule has 3 rings (SSSR count). The number of carbonyl (C=O) groups excluding carboxylic acids is 1. The Morgan fingerprint density at radius 2 is 1.89 bits per heavy atom. The molecule has 0 unspecified atom stereocenters. The summed E-state index contributed by atoms with van der Waals surface area (Å²) in [4.78, 5) is 19.0. The van der Waals surface area contributed by atoms with E-state index < -0.39 is 10.0 Å². The molecule has 0 radical (unpaired) electrons. The summed E-state index contributed by atoms with van der Waals surface area (Å²) in [6.07, 6.45) is 5.64. The molecule has 1 amide bonds. The van der Waals surface area contributed by atoms with Crippen LogP contribution in [0.3, 0.4) is 0 Å². The summed E-state index contributed by atoms with van der Waals surface area (Å²) in [7, 11) is -3.68. The van der Waals surface area contributed by atoms with Crippen molar-refractivity contribution < 1.29 is 13.2 Å². The third-order valence-electron chi connectivity index (χ3n) is 5.64. The van der Waals surface area contributed by atoms with Gasteiger partial charge in [-0.05, 0) is 50.8 Å². The summed E-state index contributed by atoms with van der Waals surface area (Å²) in [5, 5.41) is 3.16. The van der Waals surface area contributed by atoms with Crippen LogP contribution in [0.25, 0.3) is 0 Å². The highest BCUT2D eigenvalue weighted by molar-refractivity contribution is 7.89. The third kappa shape index (κ3) is 5.03. The summed E-state index contributed by atoms with van der Waals surface area (Å²) >= 11 is 5.96. The minimum Gasteiger partial charge on any atom is -0.353 e. The molecule has 28 heavy (non-hydrogen) atoms. The molecule has 0 aromatic carbocycles. The Bertz CT molecular complexity index is 773. The van der Waals surface area contributed by atoms with Crippen LogP contribution < -0.4 is 5.32 Å². The van der Waals surface area contributed by atoms with Crippen LogP contribution in [0.15, 0.2) is 23.2 Å². The van der Waals surface area contributed by atoms with Gasteiger partial charge in [-0.3, -0.25) is 4.79 Å². The predicted molar refractivity (Wildman–Crippen MR) is 109 cm³/mol. The number of amides is 1. The molecule has 0 spiro atoms. The first-order chi connectivity index (χ1) is 13.4. The quantitative estimate of drug-likeness (QED) is 0.702. The molecule has 0 saturated carbocycles. The summed E-state index contributed by atoms with van der Waals surface area (Å²) < 4.78 is 27.0. The van der Waals surface area contributed by atoms with Gasteiger partial charge in [-0.25, -0.2) is 13.4 Å². The fourth-order valence-electron chi connectivity index (χ4n) is 4.00. The van der Waals surface area contributed by atoms with E-state index in [1.807, 2.05) is 0 Å². The van der Waals surface area contributed by atoms with Crippen LogP contribution >= 0.6 is 11.6 Å². The number of piperidine rings is 2. The lowest BCUT2D eigenvalue weighted by atomic mass is 9.96. The summed E-state index contributed by atoms with van der Waals surface area (Å²) in [6, 6.07) is 3.26. The molecule has 1 aromatic rings. The summed E-state index contributed by atoms with van der Waals surface area (Å²) in [5.41, 5.74) is 0. The van der Waals surface area contributed by atoms with Crippen LogP contribution in [0.4, 0.5) is 0 Å². The van der Waals surface area contributed by atoms with E-state index in [1.54, 1.807) is 6.07 Å². The van der Waals surface area contributed by atoms with Crippen LogP contribution in [0.1, 0.15) is 39.0 Å². The number of halogens is 1. The van der Waals surface area contributed by atoms with Crippen molar-refractivity contribution in [2.75, 3.05) is 32.7 Å². The second-order valence-corrected chi connectivity index (χ2v) is 9.86. The number of pyridine rings is 1. The molecule has 2 aliphatic heterocycles. The number of sulfonamides is 1. The first kappa shape index (κ1) is 21.5. The van der Waals surface area contributed by atoms with E-state index >= 15 is 0 Å². The molecule has 0 atom stereocenters. The number of carbonyl (C=O) groups is 1. The van der Waals surface area contributed by atoms with Crippen LogP contribution in [-0.2, 0) is 14.8 Å². The standard InChI is InChI=1S/C19H29ClN4O3S/c1-2-10-23-11-7-16(8-12-23)22-19(25)15-5-13-24(14-6-15)28(26,27)17-4-3-9-21-18(17)20/h3-4,9,15-16H,2,5-8,10-14H2,1H3,(H,22,25). The summed E-state index contributed by atoms with van der Waals surface area (Å²) in [5.74, 6) is -0.0742. The minimum atomic E-state index is -3.68. The molecule has 0 bridgehead atoms. The van der Waals surface area contributed by atoms with Gasteiger partial charge < -0.3 is 10.2 Å². The first-order valence-corrected chi connectivity index (χ1v) is 11.9. The van der Waals surface area contributed by atoms with Gasteiger partial charge in [0.15, 0.2) is 0 Å². The maximum Gasteiger partial charge on any atom is 0.246 e. The van der Waals surface area contributed by atoms with E-state index in [0.717, 1.165) is 38.9 Å².